The largest absolute Gasteiger partial charge is 0.475 e. The second kappa shape index (κ2) is 5.38. The Bertz CT molecular complexity index is 409. The molecule has 3 heterocycles. The summed E-state index contributed by atoms with van der Waals surface area (Å²) in [6.45, 7) is 3.72. The Morgan fingerprint density at radius 2 is 2.50 bits per heavy atom. The molecule has 0 aromatic carbocycles. The first-order chi connectivity index (χ1) is 8.30. The maximum atomic E-state index is 13.4. The van der Waals surface area contributed by atoms with Gasteiger partial charge >= 0.3 is 0 Å². The molecule has 0 bridgehead atoms. The lowest BCUT2D eigenvalue weighted by Crippen LogP contribution is -2.36. The molecule has 4 nitrogen and oxygen atoms in total. The van der Waals surface area contributed by atoms with E-state index in [1.807, 2.05) is 0 Å². The van der Waals surface area contributed by atoms with E-state index in [1.54, 1.807) is 6.07 Å². The minimum absolute atomic E-state index is 0. The third-order valence-corrected chi connectivity index (χ3v) is 3.66. The molecule has 100 valence electrons. The number of nitrogens with zero attached hydrogens (tertiary/aromatic N) is 1. The molecule has 0 spiro atoms. The molecule has 2 aliphatic heterocycles. The summed E-state index contributed by atoms with van der Waals surface area (Å²) in [5.41, 5.74) is -0.00996. The first-order valence-corrected chi connectivity index (χ1v) is 5.82. The third-order valence-electron chi connectivity index (χ3n) is 3.66. The zero-order valence-corrected chi connectivity index (χ0v) is 10.7. The molecule has 2 fully saturated rings. The molecule has 2 saturated heterocycles. The van der Waals surface area contributed by atoms with Crippen LogP contribution in [0.2, 0.25) is 0 Å². The standard InChI is InChI=1S/C12H15FN2O2.ClH/c13-10-2-1-3-15-11(10)17-8-12-6-14-4-9(12)5-16-7-12;/h1-3,9,14H,4-8H2;1H/t9-,12+;/m1./s1. The van der Waals surface area contributed by atoms with Gasteiger partial charge < -0.3 is 14.8 Å². The summed E-state index contributed by atoms with van der Waals surface area (Å²) < 4.78 is 24.4. The van der Waals surface area contributed by atoms with E-state index in [0.29, 0.717) is 19.1 Å². The van der Waals surface area contributed by atoms with Crippen molar-refractivity contribution in [1.29, 1.82) is 0 Å². The van der Waals surface area contributed by atoms with Crippen LogP contribution in [0.4, 0.5) is 4.39 Å². The molecule has 2 aliphatic rings. The van der Waals surface area contributed by atoms with Crippen LogP contribution >= 0.6 is 12.4 Å². The highest BCUT2D eigenvalue weighted by Crippen LogP contribution is 2.37. The van der Waals surface area contributed by atoms with Gasteiger partial charge in [-0.15, -0.1) is 12.4 Å². The highest BCUT2D eigenvalue weighted by Gasteiger charge is 2.48. The predicted molar refractivity (Wildman–Crippen MR) is 66.5 cm³/mol. The minimum Gasteiger partial charge on any atom is -0.475 e. The molecule has 1 aromatic rings. The third kappa shape index (κ3) is 2.30. The predicted octanol–water partition coefficient (Wildman–Crippen LogP) is 1.26. The molecule has 0 saturated carbocycles. The van der Waals surface area contributed by atoms with Crippen LogP contribution in [0.1, 0.15) is 0 Å². The fourth-order valence-corrected chi connectivity index (χ4v) is 2.57. The lowest BCUT2D eigenvalue weighted by Gasteiger charge is -2.25. The normalized spacial score (nSPS) is 29.7. The van der Waals surface area contributed by atoms with Crippen molar-refractivity contribution in [2.24, 2.45) is 11.3 Å². The second-order valence-electron chi connectivity index (χ2n) is 4.78. The molecule has 0 aliphatic carbocycles. The van der Waals surface area contributed by atoms with E-state index >= 15 is 0 Å². The van der Waals surface area contributed by atoms with Crippen LogP contribution in [0.25, 0.3) is 0 Å². The number of halogens is 2. The van der Waals surface area contributed by atoms with Crippen molar-refractivity contribution in [2.75, 3.05) is 32.9 Å². The Morgan fingerprint density at radius 1 is 1.61 bits per heavy atom. The molecule has 6 heteroatoms. The number of fused-ring (bicyclic) bond motifs is 1. The summed E-state index contributed by atoms with van der Waals surface area (Å²) in [5.74, 6) is 0.138. The molecule has 1 N–H and O–H groups in total. The average molecular weight is 275 g/mol. The van der Waals surface area contributed by atoms with Gasteiger partial charge in [-0.25, -0.2) is 9.37 Å². The lowest BCUT2D eigenvalue weighted by atomic mass is 9.82. The molecule has 18 heavy (non-hydrogen) atoms. The van der Waals surface area contributed by atoms with Crippen LogP contribution in [0.3, 0.4) is 0 Å². The molecule has 2 atom stereocenters. The highest BCUT2D eigenvalue weighted by molar-refractivity contribution is 5.85. The van der Waals surface area contributed by atoms with E-state index in [-0.39, 0.29) is 23.7 Å². The van der Waals surface area contributed by atoms with Gasteiger partial charge in [-0.3, -0.25) is 0 Å². The molecule has 0 unspecified atom stereocenters. The maximum Gasteiger partial charge on any atom is 0.250 e. The maximum absolute atomic E-state index is 13.4. The number of hydrogen-bond donors (Lipinski definition) is 1. The first kappa shape index (κ1) is 13.5. The Kier molecular flexibility index (Phi) is 4.04. The second-order valence-corrected chi connectivity index (χ2v) is 4.78. The fourth-order valence-electron chi connectivity index (χ4n) is 2.57. The number of aromatic nitrogens is 1. The summed E-state index contributed by atoms with van der Waals surface area (Å²) in [6.07, 6.45) is 1.53. The number of nitrogens with one attached hydrogen (secondary N) is 1. The molecular weight excluding hydrogens is 259 g/mol. The first-order valence-electron chi connectivity index (χ1n) is 5.82. The van der Waals surface area contributed by atoms with E-state index in [2.05, 4.69) is 10.3 Å². The van der Waals surface area contributed by atoms with Gasteiger partial charge in [0.25, 0.3) is 0 Å². The van der Waals surface area contributed by atoms with E-state index < -0.39 is 5.82 Å². The van der Waals surface area contributed by atoms with Gasteiger partial charge in [-0.1, -0.05) is 0 Å². The monoisotopic (exact) mass is 274 g/mol. The quantitative estimate of drug-likeness (QED) is 0.901. The lowest BCUT2D eigenvalue weighted by molar-refractivity contribution is 0.104. The van der Waals surface area contributed by atoms with E-state index in [4.69, 9.17) is 9.47 Å². The topological polar surface area (TPSA) is 43.4 Å². The SMILES string of the molecule is Cl.Fc1cccnc1OC[C@@]12CNC[C@@H]1COC2. The van der Waals surface area contributed by atoms with Crippen molar-refractivity contribution in [1.82, 2.24) is 10.3 Å². The van der Waals surface area contributed by atoms with Crippen LogP contribution in [0, 0.1) is 17.2 Å². The molecule has 0 amide bonds. The van der Waals surface area contributed by atoms with Crippen molar-refractivity contribution < 1.29 is 13.9 Å². The summed E-state index contributed by atoms with van der Waals surface area (Å²) in [6, 6.07) is 2.91. The summed E-state index contributed by atoms with van der Waals surface area (Å²) in [7, 11) is 0. The van der Waals surface area contributed by atoms with Gasteiger partial charge in [0.15, 0.2) is 5.82 Å². The Balaban J connectivity index is 0.00000120. The van der Waals surface area contributed by atoms with Crippen LogP contribution in [-0.4, -0.2) is 37.9 Å². The van der Waals surface area contributed by atoms with Crippen LogP contribution in [-0.2, 0) is 4.74 Å². The zero-order valence-electron chi connectivity index (χ0n) is 9.89. The van der Waals surface area contributed by atoms with Crippen molar-refractivity contribution >= 4 is 12.4 Å². The van der Waals surface area contributed by atoms with Gasteiger partial charge in [-0.05, 0) is 12.1 Å². The van der Waals surface area contributed by atoms with Gasteiger partial charge in [0.1, 0.15) is 0 Å². The van der Waals surface area contributed by atoms with E-state index in [1.165, 1.54) is 12.3 Å². The number of hydrogen-bond acceptors (Lipinski definition) is 4. The Morgan fingerprint density at radius 3 is 3.33 bits per heavy atom. The van der Waals surface area contributed by atoms with E-state index in [0.717, 1.165) is 19.7 Å². The van der Waals surface area contributed by atoms with Crippen molar-refractivity contribution in [3.63, 3.8) is 0 Å². The van der Waals surface area contributed by atoms with Gasteiger partial charge in [-0.2, -0.15) is 0 Å². The van der Waals surface area contributed by atoms with E-state index in [9.17, 15) is 4.39 Å². The minimum atomic E-state index is -0.412. The van der Waals surface area contributed by atoms with Gasteiger partial charge in [0.05, 0.1) is 19.8 Å². The molecule has 3 rings (SSSR count). The van der Waals surface area contributed by atoms with Gasteiger partial charge in [0, 0.05) is 30.6 Å². The summed E-state index contributed by atoms with van der Waals surface area (Å²) >= 11 is 0. The van der Waals surface area contributed by atoms with Crippen LogP contribution in [0.5, 0.6) is 5.88 Å². The van der Waals surface area contributed by atoms with Crippen LogP contribution in [0.15, 0.2) is 18.3 Å². The molecule has 1 aromatic heterocycles. The Hall–Kier alpha value is -0.910. The van der Waals surface area contributed by atoms with Gasteiger partial charge in [0.2, 0.25) is 5.88 Å². The fraction of sp³-hybridized carbons (Fsp3) is 0.583. The summed E-state index contributed by atoms with van der Waals surface area (Å²) in [4.78, 5) is 3.89. The number of rotatable bonds is 3. The van der Waals surface area contributed by atoms with Crippen molar-refractivity contribution in [3.8, 4) is 5.88 Å². The molecular formula is C12H16ClFN2O2. The average Bonchev–Trinajstić information content (AvgIpc) is 2.87. The molecule has 0 radical (unpaired) electrons. The van der Waals surface area contributed by atoms with Crippen LogP contribution < -0.4 is 10.1 Å². The Labute approximate surface area is 111 Å². The van der Waals surface area contributed by atoms with Crippen molar-refractivity contribution in [3.05, 3.63) is 24.1 Å². The summed E-state index contributed by atoms with van der Waals surface area (Å²) in [5, 5.41) is 3.34. The highest BCUT2D eigenvalue weighted by atomic mass is 35.5. The number of pyridine rings is 1. The smallest absolute Gasteiger partial charge is 0.250 e. The zero-order chi connectivity index (χ0) is 11.7. The van der Waals surface area contributed by atoms with Crippen molar-refractivity contribution in [2.45, 2.75) is 0 Å². The number of ether oxygens (including phenoxy) is 2.